The Bertz CT molecular complexity index is 383. The molecular formula is C16H27N3O. The van der Waals surface area contributed by atoms with Crippen LogP contribution in [0, 0.1) is 5.92 Å². The van der Waals surface area contributed by atoms with Crippen LogP contribution in [0.4, 0.5) is 5.82 Å². The third-order valence-corrected chi connectivity index (χ3v) is 4.11. The van der Waals surface area contributed by atoms with Crippen LogP contribution in [0.2, 0.25) is 0 Å². The lowest BCUT2D eigenvalue weighted by Gasteiger charge is -2.34. The van der Waals surface area contributed by atoms with Gasteiger partial charge in [0, 0.05) is 25.8 Å². The lowest BCUT2D eigenvalue weighted by atomic mass is 9.92. The second-order valence-corrected chi connectivity index (χ2v) is 5.77. The molecule has 112 valence electrons. The number of nitrogens with one attached hydrogen (secondary N) is 1. The maximum absolute atomic E-state index is 9.63. The fraction of sp³-hybridized carbons (Fsp3) is 0.688. The molecular weight excluding hydrogens is 250 g/mol. The van der Waals surface area contributed by atoms with Gasteiger partial charge >= 0.3 is 0 Å². The highest BCUT2D eigenvalue weighted by atomic mass is 16.3. The summed E-state index contributed by atoms with van der Waals surface area (Å²) < 4.78 is 0. The van der Waals surface area contributed by atoms with E-state index in [-0.39, 0.29) is 6.10 Å². The van der Waals surface area contributed by atoms with Crippen LogP contribution in [0.15, 0.2) is 18.3 Å². The first-order chi connectivity index (χ1) is 9.70. The third kappa shape index (κ3) is 4.18. The van der Waals surface area contributed by atoms with E-state index in [4.69, 9.17) is 0 Å². The van der Waals surface area contributed by atoms with Gasteiger partial charge in [0.15, 0.2) is 0 Å². The number of piperidine rings is 1. The van der Waals surface area contributed by atoms with Crippen LogP contribution >= 0.6 is 0 Å². The van der Waals surface area contributed by atoms with Gasteiger partial charge in [0.1, 0.15) is 5.82 Å². The van der Waals surface area contributed by atoms with Gasteiger partial charge in [-0.25, -0.2) is 4.98 Å². The molecule has 1 aliphatic heterocycles. The van der Waals surface area contributed by atoms with Crippen molar-refractivity contribution in [2.75, 3.05) is 24.5 Å². The molecule has 2 heterocycles. The smallest absolute Gasteiger partial charge is 0.128 e. The Labute approximate surface area is 122 Å². The molecule has 1 aromatic rings. The maximum atomic E-state index is 9.63. The zero-order valence-electron chi connectivity index (χ0n) is 12.7. The zero-order valence-corrected chi connectivity index (χ0v) is 12.7. The Morgan fingerprint density at radius 2 is 2.15 bits per heavy atom. The first kappa shape index (κ1) is 15.3. The average Bonchev–Trinajstić information content (AvgIpc) is 2.48. The van der Waals surface area contributed by atoms with Gasteiger partial charge in [-0.15, -0.1) is 0 Å². The molecule has 4 heteroatoms. The Morgan fingerprint density at radius 1 is 1.40 bits per heavy atom. The van der Waals surface area contributed by atoms with Crippen molar-refractivity contribution in [1.82, 2.24) is 10.3 Å². The summed E-state index contributed by atoms with van der Waals surface area (Å²) >= 11 is 0. The monoisotopic (exact) mass is 277 g/mol. The van der Waals surface area contributed by atoms with E-state index in [2.05, 4.69) is 34.3 Å². The van der Waals surface area contributed by atoms with Gasteiger partial charge in [-0.3, -0.25) is 0 Å². The second kappa shape index (κ2) is 7.60. The predicted molar refractivity (Wildman–Crippen MR) is 82.9 cm³/mol. The van der Waals surface area contributed by atoms with E-state index < -0.39 is 0 Å². The summed E-state index contributed by atoms with van der Waals surface area (Å²) in [4.78, 5) is 6.90. The number of hydrogen-bond donors (Lipinski definition) is 2. The molecule has 2 N–H and O–H groups in total. The summed E-state index contributed by atoms with van der Waals surface area (Å²) in [6.07, 6.45) is 5.05. The molecule has 2 rings (SSSR count). The van der Waals surface area contributed by atoms with Crippen LogP contribution in [-0.4, -0.2) is 35.8 Å². The third-order valence-electron chi connectivity index (χ3n) is 4.11. The number of aliphatic hydroxyl groups is 1. The first-order valence-electron chi connectivity index (χ1n) is 7.79. The molecule has 0 spiro atoms. The maximum Gasteiger partial charge on any atom is 0.128 e. The van der Waals surface area contributed by atoms with Gasteiger partial charge in [0.2, 0.25) is 0 Å². The minimum absolute atomic E-state index is 0.183. The summed E-state index contributed by atoms with van der Waals surface area (Å²) in [6.45, 7) is 8.01. The van der Waals surface area contributed by atoms with Crippen molar-refractivity contribution in [2.45, 2.75) is 45.8 Å². The van der Waals surface area contributed by atoms with E-state index in [9.17, 15) is 5.11 Å². The van der Waals surface area contributed by atoms with E-state index in [1.807, 2.05) is 13.1 Å². The lowest BCUT2D eigenvalue weighted by molar-refractivity contribution is 0.110. The van der Waals surface area contributed by atoms with Crippen molar-refractivity contribution in [3.8, 4) is 0 Å². The van der Waals surface area contributed by atoms with Crippen molar-refractivity contribution in [2.24, 2.45) is 5.92 Å². The van der Waals surface area contributed by atoms with Gasteiger partial charge in [-0.05, 0) is 50.3 Å². The van der Waals surface area contributed by atoms with Crippen LogP contribution in [0.3, 0.4) is 0 Å². The Kier molecular flexibility index (Phi) is 5.80. The lowest BCUT2D eigenvalue weighted by Crippen LogP contribution is -2.37. The molecule has 1 aliphatic rings. The van der Waals surface area contributed by atoms with E-state index in [1.165, 1.54) is 5.56 Å². The molecule has 1 unspecified atom stereocenters. The number of pyridine rings is 1. The summed E-state index contributed by atoms with van der Waals surface area (Å²) in [5, 5.41) is 13.0. The van der Waals surface area contributed by atoms with Crippen molar-refractivity contribution in [3.05, 3.63) is 23.9 Å². The van der Waals surface area contributed by atoms with Gasteiger partial charge in [-0.1, -0.05) is 13.0 Å². The number of anilines is 1. The van der Waals surface area contributed by atoms with Crippen molar-refractivity contribution >= 4 is 5.82 Å². The number of rotatable bonds is 6. The van der Waals surface area contributed by atoms with Crippen molar-refractivity contribution in [3.63, 3.8) is 0 Å². The molecule has 20 heavy (non-hydrogen) atoms. The van der Waals surface area contributed by atoms with Crippen LogP contribution in [-0.2, 0) is 6.54 Å². The number of aromatic nitrogens is 1. The summed E-state index contributed by atoms with van der Waals surface area (Å²) in [7, 11) is 0. The first-order valence-corrected chi connectivity index (χ1v) is 7.79. The van der Waals surface area contributed by atoms with E-state index in [1.54, 1.807) is 0 Å². The topological polar surface area (TPSA) is 48.4 Å². The standard InChI is InChI=1S/C16H27N3O/c1-3-8-17-11-14-4-5-16(18-12-14)19-9-6-15(7-10-19)13(2)20/h4-5,12-13,15,17,20H,3,6-11H2,1-2H3. The van der Waals surface area contributed by atoms with Gasteiger partial charge < -0.3 is 15.3 Å². The predicted octanol–water partition coefficient (Wildman–Crippen LogP) is 2.18. The van der Waals surface area contributed by atoms with Crippen LogP contribution in [0.25, 0.3) is 0 Å². The molecule has 1 aromatic heterocycles. The van der Waals surface area contributed by atoms with Gasteiger partial charge in [0.25, 0.3) is 0 Å². The normalized spacial score (nSPS) is 18.2. The van der Waals surface area contributed by atoms with E-state index in [0.717, 1.165) is 51.3 Å². The van der Waals surface area contributed by atoms with Crippen LogP contribution in [0.1, 0.15) is 38.7 Å². The van der Waals surface area contributed by atoms with Crippen LogP contribution < -0.4 is 10.2 Å². The van der Waals surface area contributed by atoms with Gasteiger partial charge in [0.05, 0.1) is 6.10 Å². The summed E-state index contributed by atoms with van der Waals surface area (Å²) in [5.74, 6) is 1.51. The Morgan fingerprint density at radius 3 is 2.70 bits per heavy atom. The molecule has 0 amide bonds. The largest absolute Gasteiger partial charge is 0.393 e. The molecule has 0 bridgehead atoms. The molecule has 1 atom stereocenters. The number of aliphatic hydroxyl groups excluding tert-OH is 1. The van der Waals surface area contributed by atoms with E-state index >= 15 is 0 Å². The summed E-state index contributed by atoms with van der Waals surface area (Å²) in [6, 6.07) is 4.28. The molecule has 0 saturated carbocycles. The molecule has 4 nitrogen and oxygen atoms in total. The minimum atomic E-state index is -0.183. The van der Waals surface area contributed by atoms with Gasteiger partial charge in [-0.2, -0.15) is 0 Å². The van der Waals surface area contributed by atoms with E-state index in [0.29, 0.717) is 5.92 Å². The van der Waals surface area contributed by atoms with Crippen molar-refractivity contribution in [1.29, 1.82) is 0 Å². The van der Waals surface area contributed by atoms with Crippen LogP contribution in [0.5, 0.6) is 0 Å². The fourth-order valence-electron chi connectivity index (χ4n) is 2.73. The summed E-state index contributed by atoms with van der Waals surface area (Å²) in [5.41, 5.74) is 1.24. The molecule has 0 aliphatic carbocycles. The molecule has 1 saturated heterocycles. The fourth-order valence-corrected chi connectivity index (χ4v) is 2.73. The van der Waals surface area contributed by atoms with Crippen molar-refractivity contribution < 1.29 is 5.11 Å². The Hall–Kier alpha value is -1.13. The average molecular weight is 277 g/mol. The quantitative estimate of drug-likeness (QED) is 0.783. The molecule has 1 fully saturated rings. The highest BCUT2D eigenvalue weighted by Crippen LogP contribution is 2.24. The number of nitrogens with zero attached hydrogens (tertiary/aromatic N) is 2. The highest BCUT2D eigenvalue weighted by molar-refractivity contribution is 5.39. The molecule has 0 radical (unpaired) electrons. The SMILES string of the molecule is CCCNCc1ccc(N2CCC(C(C)O)CC2)nc1. The Balaban J connectivity index is 1.84. The zero-order chi connectivity index (χ0) is 14.4. The highest BCUT2D eigenvalue weighted by Gasteiger charge is 2.23. The number of hydrogen-bond acceptors (Lipinski definition) is 4. The minimum Gasteiger partial charge on any atom is -0.393 e. The molecule has 0 aromatic carbocycles. The second-order valence-electron chi connectivity index (χ2n) is 5.77.